The van der Waals surface area contributed by atoms with Crippen molar-refractivity contribution in [3.63, 3.8) is 0 Å². The zero-order valence-corrected chi connectivity index (χ0v) is 8.24. The Kier molecular flexibility index (Phi) is 2.94. The van der Waals surface area contributed by atoms with Gasteiger partial charge in [0.15, 0.2) is 0 Å². The van der Waals surface area contributed by atoms with Crippen LogP contribution in [0.1, 0.15) is 0 Å². The molecule has 0 spiro atoms. The number of rotatable bonds is 1. The van der Waals surface area contributed by atoms with Gasteiger partial charge in [0.05, 0.1) is 5.02 Å². The first-order chi connectivity index (χ1) is 5.11. The SMILES string of the molecule is ON(O)c1cc(I)ccc1Cl. The number of nitrogens with zero attached hydrogens (tertiary/aromatic N) is 1. The molecule has 0 atom stereocenters. The number of hydrogen-bond acceptors (Lipinski definition) is 3. The third-order valence-electron chi connectivity index (χ3n) is 1.12. The monoisotopic (exact) mass is 285 g/mol. The fourth-order valence-electron chi connectivity index (χ4n) is 0.639. The molecule has 0 heterocycles. The van der Waals surface area contributed by atoms with Crippen molar-refractivity contribution >= 4 is 39.9 Å². The molecule has 60 valence electrons. The molecule has 2 N–H and O–H groups in total. The van der Waals surface area contributed by atoms with Crippen LogP contribution in [-0.4, -0.2) is 10.4 Å². The van der Waals surface area contributed by atoms with Crippen molar-refractivity contribution in [3.05, 3.63) is 26.8 Å². The summed E-state index contributed by atoms with van der Waals surface area (Å²) in [6.45, 7) is 0. The topological polar surface area (TPSA) is 43.7 Å². The molecule has 1 rings (SSSR count). The van der Waals surface area contributed by atoms with Crippen LogP contribution >= 0.6 is 34.2 Å². The molecule has 5 heteroatoms. The molecular formula is C6H5ClINO2. The summed E-state index contributed by atoms with van der Waals surface area (Å²) in [5, 5.41) is 17.6. The normalized spacial score (nSPS) is 9.82. The maximum Gasteiger partial charge on any atom is 0.114 e. The summed E-state index contributed by atoms with van der Waals surface area (Å²) in [6.07, 6.45) is 0. The Bertz CT molecular complexity index is 267. The predicted octanol–water partition coefficient (Wildman–Crippen LogP) is 2.53. The molecule has 0 aliphatic carbocycles. The quantitative estimate of drug-likeness (QED) is 0.615. The van der Waals surface area contributed by atoms with Crippen LogP contribution in [0.5, 0.6) is 0 Å². The Balaban J connectivity index is 3.13. The highest BCUT2D eigenvalue weighted by molar-refractivity contribution is 14.1. The lowest BCUT2D eigenvalue weighted by atomic mass is 10.3. The van der Waals surface area contributed by atoms with Crippen molar-refractivity contribution in [2.24, 2.45) is 0 Å². The van der Waals surface area contributed by atoms with E-state index >= 15 is 0 Å². The molecule has 0 amide bonds. The Morgan fingerprint density at radius 3 is 2.45 bits per heavy atom. The molecule has 1 aromatic rings. The van der Waals surface area contributed by atoms with Gasteiger partial charge in [-0.15, -0.1) is 5.23 Å². The van der Waals surface area contributed by atoms with Gasteiger partial charge in [-0.05, 0) is 40.8 Å². The van der Waals surface area contributed by atoms with E-state index in [2.05, 4.69) is 0 Å². The van der Waals surface area contributed by atoms with Gasteiger partial charge in [-0.2, -0.15) is 0 Å². The molecule has 0 aromatic heterocycles. The Hall–Kier alpha value is -0.0400. The van der Waals surface area contributed by atoms with E-state index in [-0.39, 0.29) is 10.9 Å². The van der Waals surface area contributed by atoms with E-state index in [9.17, 15) is 0 Å². The van der Waals surface area contributed by atoms with E-state index in [1.165, 1.54) is 0 Å². The first-order valence-electron chi connectivity index (χ1n) is 2.74. The minimum Gasteiger partial charge on any atom is -0.264 e. The minimum absolute atomic E-state index is 0.00446. The average molecular weight is 285 g/mol. The van der Waals surface area contributed by atoms with Gasteiger partial charge in [0, 0.05) is 3.57 Å². The van der Waals surface area contributed by atoms with Crippen LogP contribution in [0.4, 0.5) is 5.69 Å². The third kappa shape index (κ3) is 2.19. The van der Waals surface area contributed by atoms with Gasteiger partial charge in [-0.1, -0.05) is 11.6 Å². The summed E-state index contributed by atoms with van der Waals surface area (Å²) in [5.41, 5.74) is 0.179. The van der Waals surface area contributed by atoms with Crippen molar-refractivity contribution in [1.82, 2.24) is 0 Å². The zero-order valence-electron chi connectivity index (χ0n) is 5.33. The predicted molar refractivity (Wildman–Crippen MR) is 50.2 cm³/mol. The van der Waals surface area contributed by atoms with E-state index in [1.807, 2.05) is 22.6 Å². The number of halogens is 2. The van der Waals surface area contributed by atoms with Crippen molar-refractivity contribution in [3.8, 4) is 0 Å². The summed E-state index contributed by atoms with van der Waals surface area (Å²) < 4.78 is 0.884. The van der Waals surface area contributed by atoms with Gasteiger partial charge in [-0.25, -0.2) is 0 Å². The summed E-state index contributed by atoms with van der Waals surface area (Å²) >= 11 is 7.67. The van der Waals surface area contributed by atoms with E-state index in [0.29, 0.717) is 5.02 Å². The average Bonchev–Trinajstić information content (AvgIpc) is 1.94. The van der Waals surface area contributed by atoms with Crippen molar-refractivity contribution in [1.29, 1.82) is 0 Å². The lowest BCUT2D eigenvalue weighted by Gasteiger charge is -2.09. The fraction of sp³-hybridized carbons (Fsp3) is 0. The lowest BCUT2D eigenvalue weighted by Crippen LogP contribution is -2.11. The molecular weight excluding hydrogens is 280 g/mol. The smallest absolute Gasteiger partial charge is 0.114 e. The molecule has 0 bridgehead atoms. The van der Waals surface area contributed by atoms with E-state index in [1.54, 1.807) is 18.2 Å². The standard InChI is InChI=1S/C6H5ClINO2/c7-5-2-1-4(8)3-6(5)9(10)11/h1-3,10-11H. The van der Waals surface area contributed by atoms with E-state index in [4.69, 9.17) is 22.0 Å². The summed E-state index contributed by atoms with van der Waals surface area (Å²) in [5.74, 6) is 0. The van der Waals surface area contributed by atoms with Gasteiger partial charge < -0.3 is 0 Å². The molecule has 0 saturated heterocycles. The second-order valence-corrected chi connectivity index (χ2v) is 3.54. The lowest BCUT2D eigenvalue weighted by molar-refractivity contribution is 0.0292. The molecule has 0 aliphatic rings. The van der Waals surface area contributed by atoms with Gasteiger partial charge in [-0.3, -0.25) is 10.4 Å². The van der Waals surface area contributed by atoms with Crippen molar-refractivity contribution in [2.45, 2.75) is 0 Å². The summed E-state index contributed by atoms with van der Waals surface area (Å²) in [7, 11) is 0. The highest BCUT2D eigenvalue weighted by Gasteiger charge is 2.04. The first-order valence-corrected chi connectivity index (χ1v) is 4.20. The van der Waals surface area contributed by atoms with Crippen molar-refractivity contribution in [2.75, 3.05) is 5.23 Å². The first kappa shape index (κ1) is 9.05. The third-order valence-corrected chi connectivity index (χ3v) is 2.11. The zero-order chi connectivity index (χ0) is 8.43. The Morgan fingerprint density at radius 1 is 1.36 bits per heavy atom. The Morgan fingerprint density at radius 2 is 2.00 bits per heavy atom. The maximum absolute atomic E-state index is 8.63. The highest BCUT2D eigenvalue weighted by Crippen LogP contribution is 2.25. The molecule has 0 aliphatic heterocycles. The Labute approximate surface area is 82.3 Å². The van der Waals surface area contributed by atoms with Gasteiger partial charge in [0.1, 0.15) is 5.69 Å². The summed E-state index contributed by atoms with van der Waals surface area (Å²) in [4.78, 5) is 0. The molecule has 0 unspecified atom stereocenters. The number of hydrogen-bond donors (Lipinski definition) is 2. The van der Waals surface area contributed by atoms with Crippen LogP contribution < -0.4 is 5.23 Å². The van der Waals surface area contributed by atoms with Crippen molar-refractivity contribution < 1.29 is 10.4 Å². The highest BCUT2D eigenvalue weighted by atomic mass is 127. The van der Waals surface area contributed by atoms with E-state index < -0.39 is 0 Å². The van der Waals surface area contributed by atoms with Crippen LogP contribution in [0.25, 0.3) is 0 Å². The number of anilines is 1. The van der Waals surface area contributed by atoms with Gasteiger partial charge in [0.25, 0.3) is 0 Å². The second kappa shape index (κ2) is 3.57. The molecule has 0 radical (unpaired) electrons. The molecule has 3 nitrogen and oxygen atoms in total. The summed E-state index contributed by atoms with van der Waals surface area (Å²) in [6, 6.07) is 4.93. The molecule has 0 fully saturated rings. The number of benzene rings is 1. The molecule has 11 heavy (non-hydrogen) atoms. The maximum atomic E-state index is 8.63. The van der Waals surface area contributed by atoms with Gasteiger partial charge >= 0.3 is 0 Å². The van der Waals surface area contributed by atoms with E-state index in [0.717, 1.165) is 3.57 Å². The van der Waals surface area contributed by atoms with Crippen LogP contribution in [0.15, 0.2) is 18.2 Å². The molecule has 1 aromatic carbocycles. The largest absolute Gasteiger partial charge is 0.264 e. The van der Waals surface area contributed by atoms with Gasteiger partial charge in [0.2, 0.25) is 0 Å². The van der Waals surface area contributed by atoms with Crippen LogP contribution in [0, 0.1) is 3.57 Å². The molecule has 0 saturated carbocycles. The second-order valence-electron chi connectivity index (χ2n) is 1.89. The fourth-order valence-corrected chi connectivity index (χ4v) is 1.31. The van der Waals surface area contributed by atoms with Crippen LogP contribution in [0.3, 0.4) is 0 Å². The van der Waals surface area contributed by atoms with Crippen LogP contribution in [0.2, 0.25) is 5.02 Å². The van der Waals surface area contributed by atoms with Crippen LogP contribution in [-0.2, 0) is 0 Å². The minimum atomic E-state index is 0.00446.